The number of nitrogen functional groups attached to an aromatic ring is 1. The van der Waals surface area contributed by atoms with Crippen molar-refractivity contribution in [3.05, 3.63) is 23.5 Å². The lowest BCUT2D eigenvalue weighted by atomic mass is 10.2. The van der Waals surface area contributed by atoms with Crippen LogP contribution in [-0.2, 0) is 12.7 Å². The molecule has 3 nitrogen and oxygen atoms in total. The Balaban J connectivity index is 3.06. The minimum absolute atomic E-state index is 0.0779. The van der Waals surface area contributed by atoms with Crippen LogP contribution in [0, 0.1) is 0 Å². The van der Waals surface area contributed by atoms with Gasteiger partial charge in [0.15, 0.2) is 0 Å². The predicted molar refractivity (Wildman–Crippen MR) is 51.0 cm³/mol. The average Bonchev–Trinajstić information content (AvgIpc) is 1.99. The number of hydrogen-bond donors (Lipinski definition) is 1. The van der Waals surface area contributed by atoms with Crippen molar-refractivity contribution in [3.8, 4) is 0 Å². The second-order valence-corrected chi connectivity index (χ2v) is 3.51. The molecule has 1 heterocycles. The Morgan fingerprint density at radius 2 is 1.93 bits per heavy atom. The lowest BCUT2D eigenvalue weighted by molar-refractivity contribution is -0.141. The molecular weight excluding hydrogens is 207 g/mol. The first kappa shape index (κ1) is 11.8. The van der Waals surface area contributed by atoms with Crippen molar-refractivity contribution < 1.29 is 13.2 Å². The van der Waals surface area contributed by atoms with E-state index < -0.39 is 11.9 Å². The van der Waals surface area contributed by atoms with E-state index in [1.807, 2.05) is 0 Å². The Morgan fingerprint density at radius 3 is 2.40 bits per heavy atom. The van der Waals surface area contributed by atoms with Gasteiger partial charge in [0.05, 0.1) is 5.69 Å². The molecule has 0 amide bonds. The van der Waals surface area contributed by atoms with E-state index in [-0.39, 0.29) is 5.69 Å². The third kappa shape index (κ3) is 3.39. The van der Waals surface area contributed by atoms with E-state index in [9.17, 15) is 13.2 Å². The van der Waals surface area contributed by atoms with Crippen LogP contribution in [0.1, 0.15) is 11.4 Å². The third-order valence-corrected chi connectivity index (χ3v) is 1.67. The molecule has 0 aliphatic rings. The normalized spacial score (nSPS) is 12.1. The summed E-state index contributed by atoms with van der Waals surface area (Å²) in [6.07, 6.45) is -4.45. The van der Waals surface area contributed by atoms with Crippen molar-refractivity contribution in [2.24, 2.45) is 0 Å². The van der Waals surface area contributed by atoms with Gasteiger partial charge in [-0.25, -0.2) is 4.98 Å². The molecule has 1 aromatic rings. The Morgan fingerprint density at radius 1 is 1.33 bits per heavy atom. The molecule has 84 valence electrons. The van der Waals surface area contributed by atoms with Crippen LogP contribution < -0.4 is 5.73 Å². The molecule has 0 aliphatic carbocycles. The van der Waals surface area contributed by atoms with Gasteiger partial charge in [0.1, 0.15) is 5.69 Å². The van der Waals surface area contributed by atoms with Crippen LogP contribution in [0.5, 0.6) is 0 Å². The number of pyridine rings is 1. The van der Waals surface area contributed by atoms with E-state index in [1.165, 1.54) is 6.07 Å². The number of hydrogen-bond acceptors (Lipinski definition) is 3. The molecule has 15 heavy (non-hydrogen) atoms. The Kier molecular flexibility index (Phi) is 3.18. The molecule has 0 aromatic carbocycles. The molecule has 0 atom stereocenters. The highest BCUT2D eigenvalue weighted by atomic mass is 19.4. The van der Waals surface area contributed by atoms with E-state index in [0.29, 0.717) is 12.2 Å². The van der Waals surface area contributed by atoms with Gasteiger partial charge in [-0.3, -0.25) is 0 Å². The first-order valence-corrected chi connectivity index (χ1v) is 4.27. The van der Waals surface area contributed by atoms with Crippen LogP contribution in [0.2, 0.25) is 0 Å². The zero-order valence-electron chi connectivity index (χ0n) is 8.47. The van der Waals surface area contributed by atoms with Crippen LogP contribution in [0.25, 0.3) is 0 Å². The molecular formula is C9H12F3N3. The van der Waals surface area contributed by atoms with Gasteiger partial charge in [0.2, 0.25) is 0 Å². The van der Waals surface area contributed by atoms with Gasteiger partial charge < -0.3 is 10.6 Å². The Hall–Kier alpha value is -1.30. The summed E-state index contributed by atoms with van der Waals surface area (Å²) in [6, 6.07) is 2.27. The van der Waals surface area contributed by atoms with Crippen molar-refractivity contribution in [3.63, 3.8) is 0 Å². The number of halogens is 3. The number of aromatic nitrogens is 1. The molecule has 0 saturated carbocycles. The molecule has 0 aliphatic heterocycles. The summed E-state index contributed by atoms with van der Waals surface area (Å²) in [5.74, 6) is 0. The predicted octanol–water partition coefficient (Wildman–Crippen LogP) is 1.74. The Bertz CT molecular complexity index is 347. The standard InChI is InChI=1S/C9H12F3N3/c1-15(2)5-7-3-6(13)4-8(14-7)9(10,11)12/h3-4H,5H2,1-2H3,(H2,13,14). The van der Waals surface area contributed by atoms with Gasteiger partial charge in [-0.15, -0.1) is 0 Å². The second kappa shape index (κ2) is 4.06. The van der Waals surface area contributed by atoms with E-state index in [4.69, 9.17) is 5.73 Å². The van der Waals surface area contributed by atoms with Gasteiger partial charge in [-0.2, -0.15) is 13.2 Å². The maximum Gasteiger partial charge on any atom is 0.433 e. The minimum Gasteiger partial charge on any atom is -0.399 e. The summed E-state index contributed by atoms with van der Waals surface area (Å²) in [5.41, 5.74) is 4.82. The first-order valence-electron chi connectivity index (χ1n) is 4.27. The van der Waals surface area contributed by atoms with E-state index in [2.05, 4.69) is 4.98 Å². The molecule has 6 heteroatoms. The SMILES string of the molecule is CN(C)Cc1cc(N)cc(C(F)(F)F)n1. The molecule has 0 unspecified atom stereocenters. The van der Waals surface area contributed by atoms with Gasteiger partial charge in [0.25, 0.3) is 0 Å². The quantitative estimate of drug-likeness (QED) is 0.823. The fourth-order valence-corrected chi connectivity index (χ4v) is 1.16. The van der Waals surface area contributed by atoms with Gasteiger partial charge in [0, 0.05) is 12.2 Å². The highest BCUT2D eigenvalue weighted by Gasteiger charge is 2.33. The summed E-state index contributed by atoms with van der Waals surface area (Å²) in [7, 11) is 3.50. The molecule has 0 radical (unpaired) electrons. The van der Waals surface area contributed by atoms with E-state index >= 15 is 0 Å². The summed E-state index contributed by atoms with van der Waals surface area (Å²) in [6.45, 7) is 0.327. The zero-order chi connectivity index (χ0) is 11.6. The summed E-state index contributed by atoms with van der Waals surface area (Å²) in [4.78, 5) is 5.22. The second-order valence-electron chi connectivity index (χ2n) is 3.51. The topological polar surface area (TPSA) is 42.1 Å². The van der Waals surface area contributed by atoms with Crippen molar-refractivity contribution >= 4 is 5.69 Å². The van der Waals surface area contributed by atoms with Crippen molar-refractivity contribution in [2.75, 3.05) is 19.8 Å². The first-order chi connectivity index (χ1) is 6.79. The molecule has 0 saturated heterocycles. The van der Waals surface area contributed by atoms with Crippen LogP contribution in [0.3, 0.4) is 0 Å². The van der Waals surface area contributed by atoms with Crippen LogP contribution in [0.15, 0.2) is 12.1 Å². The summed E-state index contributed by atoms with van der Waals surface area (Å²) < 4.78 is 37.1. The van der Waals surface area contributed by atoms with Crippen LogP contribution >= 0.6 is 0 Å². The largest absolute Gasteiger partial charge is 0.433 e. The van der Waals surface area contributed by atoms with Crippen molar-refractivity contribution in [1.29, 1.82) is 0 Å². The summed E-state index contributed by atoms with van der Waals surface area (Å²) in [5, 5.41) is 0. The molecule has 0 fully saturated rings. The molecule has 0 bridgehead atoms. The smallest absolute Gasteiger partial charge is 0.399 e. The maximum atomic E-state index is 12.4. The number of rotatable bonds is 2. The molecule has 1 rings (SSSR count). The number of nitrogens with two attached hydrogens (primary N) is 1. The fourth-order valence-electron chi connectivity index (χ4n) is 1.16. The summed E-state index contributed by atoms with van der Waals surface area (Å²) >= 11 is 0. The van der Waals surface area contributed by atoms with E-state index in [1.54, 1.807) is 19.0 Å². The molecule has 1 aromatic heterocycles. The van der Waals surface area contributed by atoms with Gasteiger partial charge >= 0.3 is 6.18 Å². The molecule has 2 N–H and O–H groups in total. The van der Waals surface area contributed by atoms with Crippen LogP contribution in [-0.4, -0.2) is 24.0 Å². The average molecular weight is 219 g/mol. The number of anilines is 1. The number of nitrogens with zero attached hydrogens (tertiary/aromatic N) is 2. The van der Waals surface area contributed by atoms with Gasteiger partial charge in [-0.05, 0) is 26.2 Å². The third-order valence-electron chi connectivity index (χ3n) is 1.67. The monoisotopic (exact) mass is 219 g/mol. The number of alkyl halides is 3. The fraction of sp³-hybridized carbons (Fsp3) is 0.444. The van der Waals surface area contributed by atoms with Crippen molar-refractivity contribution in [2.45, 2.75) is 12.7 Å². The lowest BCUT2D eigenvalue weighted by Gasteiger charge is -2.12. The van der Waals surface area contributed by atoms with Gasteiger partial charge in [-0.1, -0.05) is 0 Å². The van der Waals surface area contributed by atoms with Crippen LogP contribution in [0.4, 0.5) is 18.9 Å². The highest BCUT2D eigenvalue weighted by molar-refractivity contribution is 5.41. The molecule has 0 spiro atoms. The minimum atomic E-state index is -4.45. The van der Waals surface area contributed by atoms with Crippen molar-refractivity contribution in [1.82, 2.24) is 9.88 Å². The van der Waals surface area contributed by atoms with E-state index in [0.717, 1.165) is 6.07 Å². The maximum absolute atomic E-state index is 12.4. The Labute approximate surface area is 85.7 Å². The lowest BCUT2D eigenvalue weighted by Crippen LogP contribution is -2.15. The zero-order valence-corrected chi connectivity index (χ0v) is 8.47. The highest BCUT2D eigenvalue weighted by Crippen LogP contribution is 2.29.